The van der Waals surface area contributed by atoms with E-state index in [9.17, 15) is 4.79 Å². The summed E-state index contributed by atoms with van der Waals surface area (Å²) in [5.41, 5.74) is 1.47. The van der Waals surface area contributed by atoms with Gasteiger partial charge in [0.2, 0.25) is 0 Å². The third-order valence-corrected chi connectivity index (χ3v) is 5.29. The van der Waals surface area contributed by atoms with Gasteiger partial charge in [0.1, 0.15) is 0 Å². The average Bonchev–Trinajstić information content (AvgIpc) is 3.32. The molecule has 6 nitrogen and oxygen atoms in total. The van der Waals surface area contributed by atoms with Crippen molar-refractivity contribution in [3.8, 4) is 23.0 Å². The zero-order valence-electron chi connectivity index (χ0n) is 17.4. The first-order chi connectivity index (χ1) is 14.6. The number of hydrogen-bond donors (Lipinski definition) is 1. The number of hydrogen-bond acceptors (Lipinski definition) is 5. The lowest BCUT2D eigenvalue weighted by atomic mass is 9.93. The van der Waals surface area contributed by atoms with E-state index in [4.69, 9.17) is 18.9 Å². The fraction of sp³-hybridized carbons (Fsp3) is 0.208. The van der Waals surface area contributed by atoms with Crippen molar-refractivity contribution in [3.63, 3.8) is 0 Å². The second kappa shape index (κ2) is 7.99. The van der Waals surface area contributed by atoms with Gasteiger partial charge in [-0.05, 0) is 69.6 Å². The quantitative estimate of drug-likeness (QED) is 0.354. The zero-order chi connectivity index (χ0) is 21.3. The van der Waals surface area contributed by atoms with Crippen molar-refractivity contribution in [1.29, 1.82) is 0 Å². The van der Waals surface area contributed by atoms with Crippen LogP contribution in [0.3, 0.4) is 0 Å². The van der Waals surface area contributed by atoms with Gasteiger partial charge in [-0.3, -0.25) is 4.79 Å². The summed E-state index contributed by atoms with van der Waals surface area (Å²) >= 11 is 0. The van der Waals surface area contributed by atoms with Crippen LogP contribution in [0.5, 0.6) is 23.0 Å². The molecule has 0 radical (unpaired) electrons. The summed E-state index contributed by atoms with van der Waals surface area (Å²) in [7, 11) is 6.42. The van der Waals surface area contributed by atoms with E-state index in [1.165, 1.54) is 0 Å². The molecule has 0 amide bonds. The number of Topliss-reactive ketones (excluding diaryl/α,β-unsaturated/α-hetero) is 1. The lowest BCUT2D eigenvalue weighted by Crippen LogP contribution is -2.05. The molecule has 0 atom stereocenters. The Bertz CT molecular complexity index is 1230. The Morgan fingerprint density at radius 2 is 1.33 bits per heavy atom. The molecule has 30 heavy (non-hydrogen) atoms. The van der Waals surface area contributed by atoms with Gasteiger partial charge >= 0.3 is 0 Å². The lowest BCUT2D eigenvalue weighted by Gasteiger charge is -2.16. The van der Waals surface area contributed by atoms with Gasteiger partial charge in [-0.1, -0.05) is 0 Å². The maximum atomic E-state index is 12.8. The van der Waals surface area contributed by atoms with E-state index in [0.29, 0.717) is 28.7 Å². The maximum Gasteiger partial charge on any atom is 0.183 e. The normalized spacial score (nSPS) is 10.9. The molecule has 0 fully saturated rings. The molecule has 4 rings (SSSR count). The molecule has 1 aromatic heterocycles. The Labute approximate surface area is 174 Å². The molecule has 6 heteroatoms. The number of ketones is 1. The maximum absolute atomic E-state index is 12.8. The minimum atomic E-state index is 0.0101. The molecule has 0 saturated carbocycles. The molecular weight excluding hydrogens is 382 g/mol. The number of aromatic amines is 1. The van der Waals surface area contributed by atoms with Gasteiger partial charge in [-0.15, -0.1) is 0 Å². The summed E-state index contributed by atoms with van der Waals surface area (Å²) in [5, 5.41) is 3.79. The minimum Gasteiger partial charge on any atom is -0.493 e. The molecule has 0 aliphatic heterocycles. The lowest BCUT2D eigenvalue weighted by molar-refractivity contribution is 0.0989. The largest absolute Gasteiger partial charge is 0.493 e. The van der Waals surface area contributed by atoms with Gasteiger partial charge in [-0.25, -0.2) is 0 Å². The molecule has 3 aromatic carbocycles. The Morgan fingerprint density at radius 3 is 1.90 bits per heavy atom. The molecular formula is C24H23NO5. The number of aromatic nitrogens is 1. The number of carbonyl (C=O) groups is 1. The highest BCUT2D eigenvalue weighted by Crippen LogP contribution is 2.41. The fourth-order valence-corrected chi connectivity index (χ4v) is 3.80. The van der Waals surface area contributed by atoms with Crippen LogP contribution in [0.15, 0.2) is 48.7 Å². The molecule has 0 unspecified atom stereocenters. The Hall–Kier alpha value is -3.67. The fourth-order valence-electron chi connectivity index (χ4n) is 3.80. The van der Waals surface area contributed by atoms with Crippen molar-refractivity contribution in [3.05, 3.63) is 59.9 Å². The van der Waals surface area contributed by atoms with E-state index < -0.39 is 0 Å². The SMILES string of the molecule is COc1cc2cc(CC(=O)c3ccc[nH]3)c3cc(OC)c(OC)cc3c2cc1OC. The van der Waals surface area contributed by atoms with Crippen molar-refractivity contribution in [2.45, 2.75) is 6.42 Å². The number of fused-ring (bicyclic) bond motifs is 3. The van der Waals surface area contributed by atoms with Crippen molar-refractivity contribution in [1.82, 2.24) is 4.98 Å². The first-order valence-corrected chi connectivity index (χ1v) is 9.49. The van der Waals surface area contributed by atoms with Crippen LogP contribution in [0.4, 0.5) is 0 Å². The molecule has 1 heterocycles. The van der Waals surface area contributed by atoms with E-state index in [0.717, 1.165) is 27.1 Å². The van der Waals surface area contributed by atoms with Gasteiger partial charge in [0.05, 0.1) is 34.1 Å². The van der Waals surface area contributed by atoms with Crippen LogP contribution in [-0.2, 0) is 6.42 Å². The minimum absolute atomic E-state index is 0.0101. The predicted molar refractivity (Wildman–Crippen MR) is 116 cm³/mol. The van der Waals surface area contributed by atoms with Crippen LogP contribution >= 0.6 is 0 Å². The first kappa shape index (κ1) is 19.6. The Kier molecular flexibility index (Phi) is 5.23. The molecule has 0 saturated heterocycles. The summed E-state index contributed by atoms with van der Waals surface area (Å²) in [6, 6.07) is 13.3. The molecule has 0 bridgehead atoms. The van der Waals surface area contributed by atoms with Crippen LogP contribution in [0, 0.1) is 0 Å². The molecule has 4 aromatic rings. The number of benzene rings is 3. The van der Waals surface area contributed by atoms with Gasteiger partial charge in [0, 0.05) is 12.6 Å². The van der Waals surface area contributed by atoms with Crippen molar-refractivity contribution >= 4 is 27.3 Å². The van der Waals surface area contributed by atoms with Crippen molar-refractivity contribution in [2.75, 3.05) is 28.4 Å². The van der Waals surface area contributed by atoms with E-state index >= 15 is 0 Å². The van der Waals surface area contributed by atoms with Gasteiger partial charge in [0.15, 0.2) is 28.8 Å². The molecule has 0 aliphatic rings. The van der Waals surface area contributed by atoms with Crippen LogP contribution in [0.1, 0.15) is 16.1 Å². The van der Waals surface area contributed by atoms with Crippen molar-refractivity contribution < 1.29 is 23.7 Å². The number of nitrogens with one attached hydrogen (secondary N) is 1. The standard InChI is InChI=1S/C24H23NO5/c1-27-21-10-15-8-14(9-20(26)19-6-5-7-25-19)16-11-23(29-3)24(30-4)13-18(16)17(15)12-22(21)28-2/h5-8,10-13,25H,9H2,1-4H3. The third-order valence-electron chi connectivity index (χ3n) is 5.29. The predicted octanol–water partition coefficient (Wildman–Crippen LogP) is 4.78. The average molecular weight is 405 g/mol. The monoisotopic (exact) mass is 405 g/mol. The Morgan fingerprint density at radius 1 is 0.767 bits per heavy atom. The smallest absolute Gasteiger partial charge is 0.183 e. The third kappa shape index (κ3) is 3.30. The second-order valence-corrected chi connectivity index (χ2v) is 6.90. The van der Waals surface area contributed by atoms with E-state index in [1.807, 2.05) is 36.4 Å². The van der Waals surface area contributed by atoms with Crippen LogP contribution in [0.2, 0.25) is 0 Å². The second-order valence-electron chi connectivity index (χ2n) is 6.90. The molecule has 1 N–H and O–H groups in total. The highest BCUT2D eigenvalue weighted by atomic mass is 16.5. The van der Waals surface area contributed by atoms with Gasteiger partial charge in [-0.2, -0.15) is 0 Å². The van der Waals surface area contributed by atoms with E-state index in [-0.39, 0.29) is 12.2 Å². The molecule has 154 valence electrons. The number of ether oxygens (including phenoxy) is 4. The summed E-state index contributed by atoms with van der Waals surface area (Å²) in [6.07, 6.45) is 1.99. The van der Waals surface area contributed by atoms with Crippen molar-refractivity contribution in [2.24, 2.45) is 0 Å². The Balaban J connectivity index is 2.01. The summed E-state index contributed by atoms with van der Waals surface area (Å²) < 4.78 is 22.0. The first-order valence-electron chi connectivity index (χ1n) is 9.49. The van der Waals surface area contributed by atoms with E-state index in [1.54, 1.807) is 40.7 Å². The number of methoxy groups -OCH3 is 4. The molecule has 0 spiro atoms. The van der Waals surface area contributed by atoms with Crippen LogP contribution in [-0.4, -0.2) is 39.2 Å². The highest BCUT2D eigenvalue weighted by Gasteiger charge is 2.17. The highest BCUT2D eigenvalue weighted by molar-refractivity contribution is 6.12. The van der Waals surface area contributed by atoms with Gasteiger partial charge < -0.3 is 23.9 Å². The summed E-state index contributed by atoms with van der Waals surface area (Å²) in [5.74, 6) is 2.51. The van der Waals surface area contributed by atoms with Gasteiger partial charge in [0.25, 0.3) is 0 Å². The number of rotatable bonds is 7. The zero-order valence-corrected chi connectivity index (χ0v) is 17.4. The van der Waals surface area contributed by atoms with Crippen LogP contribution in [0.25, 0.3) is 21.5 Å². The number of carbonyl (C=O) groups excluding carboxylic acids is 1. The van der Waals surface area contributed by atoms with Crippen LogP contribution < -0.4 is 18.9 Å². The van der Waals surface area contributed by atoms with E-state index in [2.05, 4.69) is 4.98 Å². The topological polar surface area (TPSA) is 69.8 Å². The molecule has 0 aliphatic carbocycles. The number of H-pyrrole nitrogens is 1. The summed E-state index contributed by atoms with van der Waals surface area (Å²) in [4.78, 5) is 15.8. The summed E-state index contributed by atoms with van der Waals surface area (Å²) in [6.45, 7) is 0.